The van der Waals surface area contributed by atoms with Crippen LogP contribution in [0, 0.1) is 0 Å². The van der Waals surface area contributed by atoms with E-state index in [1.54, 1.807) is 30.3 Å². The molecule has 36 heavy (non-hydrogen) atoms. The summed E-state index contributed by atoms with van der Waals surface area (Å²) in [5, 5.41) is 13.9. The number of alkyl halides is 4. The van der Waals surface area contributed by atoms with Crippen LogP contribution in [0.5, 0.6) is 0 Å². The summed E-state index contributed by atoms with van der Waals surface area (Å²) in [5.74, 6) is -2.58. The normalized spacial score (nSPS) is 22.0. The van der Waals surface area contributed by atoms with Crippen LogP contribution in [0.15, 0.2) is 88.9 Å². The highest BCUT2D eigenvalue weighted by molar-refractivity contribution is 8.01. The number of thioether (sulfide) groups is 1. The molecule has 1 aliphatic heterocycles. The van der Waals surface area contributed by atoms with Crippen molar-refractivity contribution in [3.8, 4) is 0 Å². The SMILES string of the molecule is C=C/C=C(/NC(O)[C@@]1(Sc2ccccc2)C(=O)N(C)CC1c1ccc(C(F)(F)F)cc1)C(F)=NCF. The maximum absolute atomic E-state index is 14.4. The predicted molar refractivity (Wildman–Crippen MR) is 129 cm³/mol. The number of likely N-dealkylation sites (tertiary alicyclic amines) is 1. The smallest absolute Gasteiger partial charge is 0.372 e. The summed E-state index contributed by atoms with van der Waals surface area (Å²) >= 11 is 1.00. The van der Waals surface area contributed by atoms with E-state index in [9.17, 15) is 31.9 Å². The van der Waals surface area contributed by atoms with E-state index in [0.717, 1.165) is 30.0 Å². The van der Waals surface area contributed by atoms with Crippen LogP contribution in [-0.2, 0) is 11.0 Å². The van der Waals surface area contributed by atoms with Gasteiger partial charge in [0.2, 0.25) is 11.9 Å². The first-order chi connectivity index (χ1) is 17.0. The molecule has 1 fully saturated rings. The predicted octanol–water partition coefficient (Wildman–Crippen LogP) is 5.07. The van der Waals surface area contributed by atoms with Crippen LogP contribution in [0.25, 0.3) is 0 Å². The van der Waals surface area contributed by atoms with Crippen LogP contribution in [0.4, 0.5) is 22.0 Å². The third kappa shape index (κ3) is 5.62. The molecular formula is C25H24F5N3O2S. The Bertz CT molecular complexity index is 1140. The molecule has 2 aromatic rings. The van der Waals surface area contributed by atoms with Gasteiger partial charge in [-0.3, -0.25) is 4.79 Å². The molecule has 11 heteroatoms. The Labute approximate surface area is 209 Å². The minimum absolute atomic E-state index is 0.0737. The van der Waals surface area contributed by atoms with Gasteiger partial charge in [0, 0.05) is 24.4 Å². The number of rotatable bonds is 9. The van der Waals surface area contributed by atoms with Crippen molar-refractivity contribution in [3.05, 3.63) is 90.2 Å². The number of hydrogen-bond donors (Lipinski definition) is 2. The molecule has 1 amide bonds. The van der Waals surface area contributed by atoms with Crippen molar-refractivity contribution in [2.24, 2.45) is 4.99 Å². The van der Waals surface area contributed by atoms with Crippen molar-refractivity contribution in [3.63, 3.8) is 0 Å². The fraction of sp³-hybridized carbons (Fsp3) is 0.280. The summed E-state index contributed by atoms with van der Waals surface area (Å²) in [7, 11) is 1.51. The average molecular weight is 526 g/mol. The van der Waals surface area contributed by atoms with Gasteiger partial charge in [-0.2, -0.15) is 17.6 Å². The summed E-state index contributed by atoms with van der Waals surface area (Å²) in [4.78, 5) is 18.6. The maximum Gasteiger partial charge on any atom is 0.416 e. The first-order valence-corrected chi connectivity index (χ1v) is 11.6. The molecule has 0 saturated carbocycles. The van der Waals surface area contributed by atoms with E-state index in [2.05, 4.69) is 16.9 Å². The van der Waals surface area contributed by atoms with Crippen LogP contribution in [0.3, 0.4) is 0 Å². The summed E-state index contributed by atoms with van der Waals surface area (Å²) in [6.45, 7) is 2.19. The zero-order valence-corrected chi connectivity index (χ0v) is 20.0. The Hall–Kier alpha value is -3.18. The van der Waals surface area contributed by atoms with Crippen LogP contribution in [0.2, 0.25) is 0 Å². The van der Waals surface area contributed by atoms with Crippen molar-refractivity contribution < 1.29 is 31.9 Å². The van der Waals surface area contributed by atoms with Crippen molar-refractivity contribution in [2.45, 2.75) is 28.0 Å². The molecular weight excluding hydrogens is 501 g/mol. The highest BCUT2D eigenvalue weighted by Gasteiger charge is 2.59. The first kappa shape index (κ1) is 27.4. The van der Waals surface area contributed by atoms with E-state index in [1.165, 1.54) is 30.2 Å². The molecule has 2 N–H and O–H groups in total. The number of carbonyl (C=O) groups is 1. The Morgan fingerprint density at radius 1 is 1.28 bits per heavy atom. The molecule has 3 rings (SSSR count). The number of aliphatic imine (C=N–C) groups is 1. The van der Waals surface area contributed by atoms with Gasteiger partial charge in [-0.05, 0) is 35.9 Å². The number of amides is 1. The third-order valence-electron chi connectivity index (χ3n) is 5.73. The van der Waals surface area contributed by atoms with Crippen molar-refractivity contribution in [1.29, 1.82) is 0 Å². The molecule has 1 aliphatic rings. The van der Waals surface area contributed by atoms with Gasteiger partial charge in [-0.25, -0.2) is 9.38 Å². The Kier molecular flexibility index (Phi) is 8.57. The molecule has 5 nitrogen and oxygen atoms in total. The maximum atomic E-state index is 14.4. The zero-order valence-electron chi connectivity index (χ0n) is 19.2. The monoisotopic (exact) mass is 525 g/mol. The summed E-state index contributed by atoms with van der Waals surface area (Å²) in [6.07, 6.45) is -4.00. The van der Waals surface area contributed by atoms with E-state index in [1.807, 2.05) is 0 Å². The van der Waals surface area contributed by atoms with Crippen molar-refractivity contribution in [2.75, 3.05) is 20.4 Å². The standard InChI is InChI=1S/C25H24F5N3O2S/c1-3-7-20(21(27)31-15-26)32-22(34)24(36-18-8-5-4-6-9-18)19(14-33(2)23(24)35)16-10-12-17(13-11-16)25(28,29)30/h3-13,19,22,32,34H,1,14-15H2,2H3/b20-7+,31-21?/t19?,22?,24-/m1/s1. The lowest BCUT2D eigenvalue weighted by atomic mass is 9.85. The van der Waals surface area contributed by atoms with Gasteiger partial charge in [0.15, 0.2) is 11.5 Å². The van der Waals surface area contributed by atoms with Gasteiger partial charge in [0.25, 0.3) is 0 Å². The number of likely N-dealkylation sites (N-methyl/N-ethyl adjacent to an activating group) is 1. The molecule has 0 aromatic heterocycles. The van der Waals surface area contributed by atoms with E-state index >= 15 is 0 Å². The number of aliphatic hydroxyl groups excluding tert-OH is 1. The van der Waals surface area contributed by atoms with Crippen LogP contribution < -0.4 is 5.32 Å². The van der Waals surface area contributed by atoms with Gasteiger partial charge in [-0.15, -0.1) is 11.8 Å². The van der Waals surface area contributed by atoms with Gasteiger partial charge < -0.3 is 15.3 Å². The number of nitrogens with zero attached hydrogens (tertiary/aromatic N) is 2. The Morgan fingerprint density at radius 3 is 2.47 bits per heavy atom. The minimum atomic E-state index is -4.55. The Balaban J connectivity index is 2.13. The fourth-order valence-corrected chi connectivity index (χ4v) is 5.50. The number of aliphatic hydroxyl groups is 1. The number of allylic oxidation sites excluding steroid dienone is 3. The second-order valence-corrected chi connectivity index (χ2v) is 9.35. The zero-order chi connectivity index (χ0) is 26.5. The van der Waals surface area contributed by atoms with Crippen LogP contribution in [-0.4, -0.2) is 53.2 Å². The molecule has 2 aromatic carbocycles. The summed E-state index contributed by atoms with van der Waals surface area (Å²) in [6, 6.07) is 13.0. The number of benzene rings is 2. The first-order valence-electron chi connectivity index (χ1n) is 10.7. The quantitative estimate of drug-likeness (QED) is 0.158. The van der Waals surface area contributed by atoms with Gasteiger partial charge in [0.05, 0.1) is 11.3 Å². The van der Waals surface area contributed by atoms with E-state index in [0.29, 0.717) is 10.5 Å². The number of nitrogens with one attached hydrogen (secondary N) is 1. The molecule has 1 saturated heterocycles. The second-order valence-electron chi connectivity index (χ2n) is 8.00. The lowest BCUT2D eigenvalue weighted by molar-refractivity contribution is -0.137. The van der Waals surface area contributed by atoms with Gasteiger partial charge in [0.1, 0.15) is 6.23 Å². The fourth-order valence-electron chi connectivity index (χ4n) is 4.05. The second kappa shape index (κ2) is 11.3. The molecule has 0 aliphatic carbocycles. The largest absolute Gasteiger partial charge is 0.416 e. The topological polar surface area (TPSA) is 64.9 Å². The Morgan fingerprint density at radius 2 is 1.92 bits per heavy atom. The van der Waals surface area contributed by atoms with E-state index in [4.69, 9.17) is 0 Å². The van der Waals surface area contributed by atoms with Crippen molar-refractivity contribution >= 4 is 23.6 Å². The minimum Gasteiger partial charge on any atom is -0.372 e. The number of hydrogen-bond acceptors (Lipinski definition) is 5. The van der Waals surface area contributed by atoms with Crippen LogP contribution in [0.1, 0.15) is 17.0 Å². The molecule has 0 spiro atoms. The number of halogens is 5. The molecule has 2 unspecified atom stereocenters. The van der Waals surface area contributed by atoms with Crippen LogP contribution >= 0.6 is 11.8 Å². The van der Waals surface area contributed by atoms with Gasteiger partial charge >= 0.3 is 6.18 Å². The lowest BCUT2D eigenvalue weighted by Crippen LogP contribution is -2.55. The third-order valence-corrected chi connectivity index (χ3v) is 7.26. The molecule has 192 valence electrons. The summed E-state index contributed by atoms with van der Waals surface area (Å²) in [5.41, 5.74) is -0.890. The molecule has 3 atom stereocenters. The van der Waals surface area contributed by atoms with E-state index in [-0.39, 0.29) is 6.54 Å². The van der Waals surface area contributed by atoms with Crippen molar-refractivity contribution in [1.82, 2.24) is 10.2 Å². The lowest BCUT2D eigenvalue weighted by Gasteiger charge is -2.37. The molecule has 1 heterocycles. The average Bonchev–Trinajstić information content (AvgIpc) is 3.10. The highest BCUT2D eigenvalue weighted by atomic mass is 32.2. The molecule has 0 radical (unpaired) electrons. The number of carbonyl (C=O) groups excluding carboxylic acids is 1. The van der Waals surface area contributed by atoms with Gasteiger partial charge in [-0.1, -0.05) is 43.0 Å². The molecule has 0 bridgehead atoms. The summed E-state index contributed by atoms with van der Waals surface area (Å²) < 4.78 is 64.7. The highest BCUT2D eigenvalue weighted by Crippen LogP contribution is 2.51. The van der Waals surface area contributed by atoms with E-state index < -0.39 is 53.0 Å².